The van der Waals surface area contributed by atoms with Gasteiger partial charge < -0.3 is 20.6 Å². The van der Waals surface area contributed by atoms with E-state index in [2.05, 4.69) is 99.4 Å². The third-order valence-corrected chi connectivity index (χ3v) is 8.84. The second kappa shape index (κ2) is 10.9. The minimum atomic E-state index is 0.208. The van der Waals surface area contributed by atoms with Crippen LogP contribution in [-0.4, -0.2) is 22.1 Å². The average Bonchev–Trinajstić information content (AvgIpc) is 3.65. The quantitative estimate of drug-likeness (QED) is 0.372. The Hall–Kier alpha value is -3.14. The third-order valence-electron chi connectivity index (χ3n) is 8.84. The molecule has 0 aliphatic carbocycles. The van der Waals surface area contributed by atoms with Crippen molar-refractivity contribution in [1.29, 1.82) is 0 Å². The van der Waals surface area contributed by atoms with Gasteiger partial charge in [-0.15, -0.1) is 0 Å². The molecular formula is C34H46N4. The molecule has 5 heterocycles. The summed E-state index contributed by atoms with van der Waals surface area (Å²) in [6.07, 6.45) is 19.2. The van der Waals surface area contributed by atoms with Crippen LogP contribution in [0.2, 0.25) is 0 Å². The van der Waals surface area contributed by atoms with Crippen molar-refractivity contribution < 1.29 is 0 Å². The number of allylic oxidation sites excluding steroid dienone is 2. The molecule has 4 N–H and O–H groups in total. The van der Waals surface area contributed by atoms with Crippen LogP contribution in [-0.2, 0) is 25.7 Å². The van der Waals surface area contributed by atoms with Crippen LogP contribution in [0.15, 0.2) is 34.2 Å². The van der Waals surface area contributed by atoms with E-state index in [0.717, 1.165) is 44.9 Å². The van der Waals surface area contributed by atoms with Gasteiger partial charge in [-0.2, -0.15) is 0 Å². The number of hydrogen-bond acceptors (Lipinski definition) is 2. The third kappa shape index (κ3) is 4.42. The lowest BCUT2D eigenvalue weighted by Crippen LogP contribution is -2.27. The first kappa shape index (κ1) is 26.5. The molecule has 8 bridgehead atoms. The Morgan fingerprint density at radius 1 is 0.553 bits per heavy atom. The number of nitrogens with one attached hydrogen (secondary N) is 4. The predicted molar refractivity (Wildman–Crippen MR) is 163 cm³/mol. The van der Waals surface area contributed by atoms with E-state index in [1.54, 1.807) is 0 Å². The Morgan fingerprint density at radius 2 is 1.16 bits per heavy atom. The molecule has 38 heavy (non-hydrogen) atoms. The number of H-pyrrole nitrogens is 2. The molecule has 4 heteroatoms. The van der Waals surface area contributed by atoms with Crippen LogP contribution in [0, 0.1) is 0 Å². The van der Waals surface area contributed by atoms with Gasteiger partial charge in [0.1, 0.15) is 0 Å². The van der Waals surface area contributed by atoms with Crippen molar-refractivity contribution >= 4 is 24.3 Å². The number of fused-ring (bicyclic) bond motifs is 8. The highest BCUT2D eigenvalue weighted by atomic mass is 15.0. The lowest BCUT2D eigenvalue weighted by atomic mass is 9.97. The maximum Gasteiger partial charge on any atom is 0.0687 e. The Kier molecular flexibility index (Phi) is 7.61. The predicted octanol–water partition coefficient (Wildman–Crippen LogP) is 5.95. The summed E-state index contributed by atoms with van der Waals surface area (Å²) in [6, 6.07) is 0.419. The summed E-state index contributed by atoms with van der Waals surface area (Å²) in [5.41, 5.74) is 15.2. The van der Waals surface area contributed by atoms with E-state index in [1.165, 1.54) is 72.5 Å². The van der Waals surface area contributed by atoms with E-state index in [-0.39, 0.29) is 12.1 Å². The van der Waals surface area contributed by atoms with E-state index in [0.29, 0.717) is 0 Å². The van der Waals surface area contributed by atoms with Gasteiger partial charge in [0, 0.05) is 33.5 Å². The maximum atomic E-state index is 3.94. The molecule has 4 nitrogen and oxygen atoms in total. The number of rotatable bonds is 7. The highest BCUT2D eigenvalue weighted by Gasteiger charge is 2.27. The highest BCUT2D eigenvalue weighted by molar-refractivity contribution is 5.70. The normalized spacial score (nSPS) is 20.3. The zero-order chi connectivity index (χ0) is 27.0. The summed E-state index contributed by atoms with van der Waals surface area (Å²) in [5.74, 6) is 0. The smallest absolute Gasteiger partial charge is 0.0687 e. The lowest BCUT2D eigenvalue weighted by molar-refractivity contribution is 0.811. The van der Waals surface area contributed by atoms with Crippen LogP contribution < -0.4 is 21.3 Å². The van der Waals surface area contributed by atoms with E-state index in [9.17, 15) is 0 Å². The molecule has 0 saturated heterocycles. The van der Waals surface area contributed by atoms with Crippen molar-refractivity contribution in [3.05, 3.63) is 78.5 Å². The molecule has 5 rings (SSSR count). The SMILES string of the molecule is CCC1=CC2=Cc3[nH]c(c(CC)c3CC)C=C3NC(C=c4[nH]c(c(CC)c4CC)=CC1N2)C(CC)=C3CC. The summed E-state index contributed by atoms with van der Waals surface area (Å²) >= 11 is 0. The molecule has 2 unspecified atom stereocenters. The first-order valence-corrected chi connectivity index (χ1v) is 15.1. The minimum Gasteiger partial charge on any atom is -0.375 e. The molecule has 2 aromatic rings. The van der Waals surface area contributed by atoms with Gasteiger partial charge in [0.2, 0.25) is 0 Å². The van der Waals surface area contributed by atoms with Gasteiger partial charge >= 0.3 is 0 Å². The molecule has 3 aliphatic heterocycles. The monoisotopic (exact) mass is 510 g/mol. The first-order chi connectivity index (χ1) is 18.5. The standard InChI is InChI=1S/C34H46N4/c1-8-20-15-21-16-29-22(9-2)23(10-3)31(36-29)18-33-26(13-6)27(14-7)34(38-33)19-32-25(12-5)24(11-4)30(37-32)17-28(20)35-21/h15-19,28,34-38H,8-14H2,1-7H3. The van der Waals surface area contributed by atoms with Gasteiger partial charge in [-0.3, -0.25) is 0 Å². The molecule has 0 amide bonds. The Labute approximate surface area is 228 Å². The van der Waals surface area contributed by atoms with Crippen molar-refractivity contribution in [1.82, 2.24) is 20.6 Å². The van der Waals surface area contributed by atoms with Gasteiger partial charge in [0.15, 0.2) is 0 Å². The molecule has 3 aliphatic rings. The zero-order valence-corrected chi connectivity index (χ0v) is 24.5. The molecule has 0 radical (unpaired) electrons. The van der Waals surface area contributed by atoms with E-state index >= 15 is 0 Å². The van der Waals surface area contributed by atoms with E-state index in [4.69, 9.17) is 0 Å². The minimum absolute atomic E-state index is 0.208. The maximum absolute atomic E-state index is 3.94. The van der Waals surface area contributed by atoms with Crippen LogP contribution in [0.3, 0.4) is 0 Å². The molecule has 0 saturated carbocycles. The molecule has 0 fully saturated rings. The van der Waals surface area contributed by atoms with Gasteiger partial charge in [-0.05, 0) is 114 Å². The largest absolute Gasteiger partial charge is 0.375 e. The fraction of sp³-hybridized carbons (Fsp3) is 0.471. The van der Waals surface area contributed by atoms with Crippen LogP contribution in [0.1, 0.15) is 101 Å². The molecular weight excluding hydrogens is 464 g/mol. The Bertz CT molecular complexity index is 1470. The molecule has 0 aromatic carbocycles. The second-order valence-corrected chi connectivity index (χ2v) is 10.8. The molecule has 2 aromatic heterocycles. The second-order valence-electron chi connectivity index (χ2n) is 10.8. The van der Waals surface area contributed by atoms with E-state index < -0.39 is 0 Å². The van der Waals surface area contributed by atoms with Crippen molar-refractivity contribution in [3.63, 3.8) is 0 Å². The van der Waals surface area contributed by atoms with Gasteiger partial charge in [0.05, 0.1) is 12.1 Å². The van der Waals surface area contributed by atoms with Crippen molar-refractivity contribution in [2.45, 2.75) is 105 Å². The topological polar surface area (TPSA) is 55.6 Å². The molecule has 0 spiro atoms. The van der Waals surface area contributed by atoms with Crippen LogP contribution in [0.25, 0.3) is 24.3 Å². The van der Waals surface area contributed by atoms with Crippen LogP contribution in [0.4, 0.5) is 0 Å². The summed E-state index contributed by atoms with van der Waals surface area (Å²) in [6.45, 7) is 16.0. The fourth-order valence-electron chi connectivity index (χ4n) is 7.00. The van der Waals surface area contributed by atoms with Crippen LogP contribution in [0.5, 0.6) is 0 Å². The molecule has 202 valence electrons. The summed E-state index contributed by atoms with van der Waals surface area (Å²) in [4.78, 5) is 7.71. The number of aromatic amines is 2. The number of hydrogen-bond donors (Lipinski definition) is 4. The number of aromatic nitrogens is 2. The first-order valence-electron chi connectivity index (χ1n) is 15.1. The fourth-order valence-corrected chi connectivity index (χ4v) is 7.00. The Balaban J connectivity index is 1.82. The zero-order valence-electron chi connectivity index (χ0n) is 24.5. The van der Waals surface area contributed by atoms with Crippen LogP contribution >= 0.6 is 0 Å². The molecule has 2 atom stereocenters. The lowest BCUT2D eigenvalue weighted by Gasteiger charge is -2.11. The summed E-state index contributed by atoms with van der Waals surface area (Å²) in [5, 5.41) is 10.3. The van der Waals surface area contributed by atoms with Crippen molar-refractivity contribution in [2.75, 3.05) is 0 Å². The van der Waals surface area contributed by atoms with Gasteiger partial charge in [-0.1, -0.05) is 48.5 Å². The summed E-state index contributed by atoms with van der Waals surface area (Å²) in [7, 11) is 0. The van der Waals surface area contributed by atoms with Gasteiger partial charge in [-0.25, -0.2) is 0 Å². The van der Waals surface area contributed by atoms with Crippen molar-refractivity contribution in [2.24, 2.45) is 0 Å². The highest BCUT2D eigenvalue weighted by Crippen LogP contribution is 2.33. The average molecular weight is 511 g/mol. The van der Waals surface area contributed by atoms with E-state index in [1.807, 2.05) is 0 Å². The van der Waals surface area contributed by atoms with Gasteiger partial charge in [0.25, 0.3) is 0 Å². The Morgan fingerprint density at radius 3 is 1.71 bits per heavy atom. The van der Waals surface area contributed by atoms with Crippen molar-refractivity contribution in [3.8, 4) is 0 Å². The summed E-state index contributed by atoms with van der Waals surface area (Å²) < 4.78 is 0.